The van der Waals surface area contributed by atoms with E-state index in [4.69, 9.17) is 33.7 Å². The standard InChI is InChI=1S/C10H17Cl2NO/c11-6-8(12)7-14-10-5-3-1-2-4-9(10)13/h6,9-10H,1-5,7,13H2. The summed E-state index contributed by atoms with van der Waals surface area (Å²) in [5.74, 6) is 0. The second-order valence-electron chi connectivity index (χ2n) is 3.71. The minimum atomic E-state index is 0.142. The summed E-state index contributed by atoms with van der Waals surface area (Å²) in [6.45, 7) is 0.378. The van der Waals surface area contributed by atoms with Crippen LogP contribution < -0.4 is 5.73 Å². The minimum absolute atomic E-state index is 0.142. The molecule has 82 valence electrons. The second kappa shape index (κ2) is 6.67. The highest BCUT2D eigenvalue weighted by molar-refractivity contribution is 6.36. The smallest absolute Gasteiger partial charge is 0.0836 e. The molecule has 2 nitrogen and oxygen atoms in total. The molecule has 0 heterocycles. The van der Waals surface area contributed by atoms with Crippen LogP contribution in [0.5, 0.6) is 0 Å². The lowest BCUT2D eigenvalue weighted by molar-refractivity contribution is 0.0484. The summed E-state index contributed by atoms with van der Waals surface area (Å²) < 4.78 is 5.62. The van der Waals surface area contributed by atoms with Crippen molar-refractivity contribution in [3.8, 4) is 0 Å². The average molecular weight is 238 g/mol. The van der Waals surface area contributed by atoms with Gasteiger partial charge in [-0.2, -0.15) is 0 Å². The van der Waals surface area contributed by atoms with Crippen molar-refractivity contribution in [3.63, 3.8) is 0 Å². The topological polar surface area (TPSA) is 35.2 Å². The van der Waals surface area contributed by atoms with E-state index in [0.29, 0.717) is 11.6 Å². The van der Waals surface area contributed by atoms with Gasteiger partial charge in [0.2, 0.25) is 0 Å². The molecule has 2 N–H and O–H groups in total. The Morgan fingerprint density at radius 3 is 2.79 bits per heavy atom. The summed E-state index contributed by atoms with van der Waals surface area (Å²) in [4.78, 5) is 0. The molecule has 1 aliphatic carbocycles. The van der Waals surface area contributed by atoms with Gasteiger partial charge >= 0.3 is 0 Å². The molecule has 0 radical (unpaired) electrons. The van der Waals surface area contributed by atoms with E-state index in [-0.39, 0.29) is 12.1 Å². The molecule has 0 aromatic heterocycles. The van der Waals surface area contributed by atoms with E-state index in [1.807, 2.05) is 0 Å². The highest BCUT2D eigenvalue weighted by atomic mass is 35.5. The van der Waals surface area contributed by atoms with Crippen LogP contribution in [0.1, 0.15) is 32.1 Å². The van der Waals surface area contributed by atoms with E-state index in [0.717, 1.165) is 12.8 Å². The summed E-state index contributed by atoms with van der Waals surface area (Å²) >= 11 is 11.2. The van der Waals surface area contributed by atoms with Crippen LogP contribution in [0.2, 0.25) is 0 Å². The zero-order chi connectivity index (χ0) is 10.4. The van der Waals surface area contributed by atoms with Gasteiger partial charge in [0.05, 0.1) is 17.7 Å². The maximum atomic E-state index is 5.99. The van der Waals surface area contributed by atoms with Crippen LogP contribution in [-0.4, -0.2) is 18.8 Å². The highest BCUT2D eigenvalue weighted by Gasteiger charge is 2.20. The Morgan fingerprint density at radius 1 is 1.36 bits per heavy atom. The largest absolute Gasteiger partial charge is 0.371 e. The molecule has 1 aliphatic rings. The van der Waals surface area contributed by atoms with Gasteiger partial charge in [0.15, 0.2) is 0 Å². The van der Waals surface area contributed by atoms with Crippen molar-refractivity contribution in [2.45, 2.75) is 44.2 Å². The molecule has 0 bridgehead atoms. The monoisotopic (exact) mass is 237 g/mol. The van der Waals surface area contributed by atoms with Crippen molar-refractivity contribution >= 4 is 23.2 Å². The molecule has 0 aromatic carbocycles. The SMILES string of the molecule is NC1CCCCCC1OCC(Cl)=CCl. The Labute approximate surface area is 95.4 Å². The van der Waals surface area contributed by atoms with Crippen molar-refractivity contribution in [1.29, 1.82) is 0 Å². The Kier molecular flexibility index (Phi) is 5.87. The van der Waals surface area contributed by atoms with Crippen molar-refractivity contribution in [2.75, 3.05) is 6.61 Å². The highest BCUT2D eigenvalue weighted by Crippen LogP contribution is 2.20. The van der Waals surface area contributed by atoms with Gasteiger partial charge in [0.1, 0.15) is 0 Å². The summed E-state index contributed by atoms with van der Waals surface area (Å²) in [5, 5.41) is 0.531. The van der Waals surface area contributed by atoms with Gasteiger partial charge in [0.25, 0.3) is 0 Å². The molecule has 0 aromatic rings. The lowest BCUT2D eigenvalue weighted by atomic mass is 10.1. The minimum Gasteiger partial charge on any atom is -0.371 e. The van der Waals surface area contributed by atoms with Crippen molar-refractivity contribution in [3.05, 3.63) is 10.6 Å². The quantitative estimate of drug-likeness (QED) is 0.767. The lowest BCUT2D eigenvalue weighted by Gasteiger charge is -2.21. The summed E-state index contributed by atoms with van der Waals surface area (Å²) in [6.07, 6.45) is 5.89. The van der Waals surface area contributed by atoms with E-state index in [1.54, 1.807) is 0 Å². The Bertz CT molecular complexity index is 197. The number of hydrogen-bond donors (Lipinski definition) is 1. The molecule has 1 rings (SSSR count). The number of halogens is 2. The summed E-state index contributed by atoms with van der Waals surface area (Å²) in [5.41, 5.74) is 7.32. The van der Waals surface area contributed by atoms with Gasteiger partial charge in [0, 0.05) is 11.6 Å². The Morgan fingerprint density at radius 2 is 2.07 bits per heavy atom. The first kappa shape index (κ1) is 12.3. The molecule has 14 heavy (non-hydrogen) atoms. The summed E-state index contributed by atoms with van der Waals surface area (Å²) in [6, 6.07) is 0.150. The third kappa shape index (κ3) is 4.18. The van der Waals surface area contributed by atoms with Crippen LogP contribution in [-0.2, 0) is 4.74 Å². The van der Waals surface area contributed by atoms with Crippen molar-refractivity contribution in [2.24, 2.45) is 5.73 Å². The Balaban J connectivity index is 2.33. The number of ether oxygens (including phenoxy) is 1. The van der Waals surface area contributed by atoms with E-state index < -0.39 is 0 Å². The second-order valence-corrected chi connectivity index (χ2v) is 4.41. The maximum absolute atomic E-state index is 5.99. The first-order chi connectivity index (χ1) is 6.74. The van der Waals surface area contributed by atoms with E-state index in [2.05, 4.69) is 0 Å². The molecule has 2 unspecified atom stereocenters. The van der Waals surface area contributed by atoms with Gasteiger partial charge in [-0.1, -0.05) is 42.5 Å². The van der Waals surface area contributed by atoms with Crippen LogP contribution >= 0.6 is 23.2 Å². The molecule has 1 fully saturated rings. The van der Waals surface area contributed by atoms with Crippen LogP contribution in [0.25, 0.3) is 0 Å². The van der Waals surface area contributed by atoms with Gasteiger partial charge in [-0.15, -0.1) is 0 Å². The first-order valence-corrected chi connectivity index (χ1v) is 5.87. The van der Waals surface area contributed by atoms with Gasteiger partial charge in [-0.3, -0.25) is 0 Å². The van der Waals surface area contributed by atoms with Crippen LogP contribution in [0.4, 0.5) is 0 Å². The van der Waals surface area contributed by atoms with E-state index in [1.165, 1.54) is 24.8 Å². The fourth-order valence-electron chi connectivity index (χ4n) is 1.73. The predicted molar refractivity (Wildman–Crippen MR) is 60.6 cm³/mol. The number of hydrogen-bond acceptors (Lipinski definition) is 2. The zero-order valence-electron chi connectivity index (χ0n) is 8.22. The summed E-state index contributed by atoms with van der Waals surface area (Å²) in [7, 11) is 0. The molecule has 0 aliphatic heterocycles. The molecule has 4 heteroatoms. The fourth-order valence-corrected chi connectivity index (χ4v) is 1.85. The van der Waals surface area contributed by atoms with Crippen LogP contribution in [0.3, 0.4) is 0 Å². The average Bonchev–Trinajstić information content (AvgIpc) is 2.39. The van der Waals surface area contributed by atoms with Crippen LogP contribution in [0.15, 0.2) is 10.6 Å². The van der Waals surface area contributed by atoms with Crippen LogP contribution in [0, 0.1) is 0 Å². The van der Waals surface area contributed by atoms with Gasteiger partial charge in [-0.05, 0) is 12.8 Å². The fraction of sp³-hybridized carbons (Fsp3) is 0.800. The predicted octanol–water partition coefficient (Wildman–Crippen LogP) is 2.98. The maximum Gasteiger partial charge on any atom is 0.0836 e. The third-order valence-electron chi connectivity index (χ3n) is 2.56. The molecule has 0 spiro atoms. The molecule has 1 saturated carbocycles. The van der Waals surface area contributed by atoms with E-state index in [9.17, 15) is 0 Å². The lowest BCUT2D eigenvalue weighted by Crippen LogP contribution is -2.35. The van der Waals surface area contributed by atoms with E-state index >= 15 is 0 Å². The van der Waals surface area contributed by atoms with Crippen molar-refractivity contribution in [1.82, 2.24) is 0 Å². The molecular weight excluding hydrogens is 221 g/mol. The number of nitrogens with two attached hydrogens (primary N) is 1. The Hall–Kier alpha value is 0.240. The molecule has 0 amide bonds. The normalized spacial score (nSPS) is 30.1. The van der Waals surface area contributed by atoms with Gasteiger partial charge in [-0.25, -0.2) is 0 Å². The molecule has 0 saturated heterocycles. The van der Waals surface area contributed by atoms with Gasteiger partial charge < -0.3 is 10.5 Å². The zero-order valence-corrected chi connectivity index (χ0v) is 9.73. The third-order valence-corrected chi connectivity index (χ3v) is 3.15. The molecular formula is C10H17Cl2NO. The molecule has 2 atom stereocenters. The first-order valence-electron chi connectivity index (χ1n) is 5.06. The van der Waals surface area contributed by atoms with Crippen molar-refractivity contribution < 1.29 is 4.74 Å². The number of rotatable bonds is 3.